The summed E-state index contributed by atoms with van der Waals surface area (Å²) in [6, 6.07) is 0. The van der Waals surface area contributed by atoms with Crippen molar-refractivity contribution in [3.63, 3.8) is 0 Å². The molecule has 0 nitrogen and oxygen atoms in total. The molecule has 0 bridgehead atoms. The zero-order valence-corrected chi connectivity index (χ0v) is 10.5. The first-order valence-electron chi connectivity index (χ1n) is 5.96. The van der Waals surface area contributed by atoms with E-state index in [1.807, 2.05) is 0 Å². The van der Waals surface area contributed by atoms with Crippen molar-refractivity contribution in [2.24, 2.45) is 0 Å². The fourth-order valence-electron chi connectivity index (χ4n) is 2.30. The molecule has 0 aromatic heterocycles. The van der Waals surface area contributed by atoms with Crippen molar-refractivity contribution in [1.82, 2.24) is 0 Å². The third kappa shape index (κ3) is 4.49. The van der Waals surface area contributed by atoms with Gasteiger partial charge in [0.15, 0.2) is 0 Å². The molecule has 1 rings (SSSR count). The van der Waals surface area contributed by atoms with E-state index in [4.69, 9.17) is 0 Å². The van der Waals surface area contributed by atoms with Crippen LogP contribution in [0.1, 0.15) is 71.1 Å². The van der Waals surface area contributed by atoms with Crippen LogP contribution in [-0.4, -0.2) is 4.32 Å². The third-order valence-corrected chi connectivity index (χ3v) is 4.42. The van der Waals surface area contributed by atoms with Crippen molar-refractivity contribution in [2.75, 3.05) is 0 Å². The van der Waals surface area contributed by atoms with E-state index in [1.54, 1.807) is 0 Å². The summed E-state index contributed by atoms with van der Waals surface area (Å²) >= 11 is 3.95. The van der Waals surface area contributed by atoms with Gasteiger partial charge in [0.1, 0.15) is 0 Å². The Balaban J connectivity index is 2.10. The molecule has 0 N–H and O–H groups in total. The maximum atomic E-state index is 3.95. The lowest BCUT2D eigenvalue weighted by Crippen LogP contribution is -2.23. The van der Waals surface area contributed by atoms with Gasteiger partial charge in [-0.2, -0.15) is 0 Å². The van der Waals surface area contributed by atoms with Gasteiger partial charge >= 0.3 is 0 Å². The zero-order chi connectivity index (χ0) is 9.57. The Kier molecular flexibility index (Phi) is 5.38. The van der Waals surface area contributed by atoms with E-state index >= 15 is 0 Å². The highest BCUT2D eigenvalue weighted by Crippen LogP contribution is 2.39. The van der Waals surface area contributed by atoms with Crippen molar-refractivity contribution in [3.8, 4) is 0 Å². The van der Waals surface area contributed by atoms with Crippen LogP contribution in [0, 0.1) is 0 Å². The van der Waals surface area contributed by atoms with Gasteiger partial charge in [0, 0.05) is 4.32 Å². The van der Waals surface area contributed by atoms with Crippen molar-refractivity contribution in [2.45, 2.75) is 75.5 Å². The fourth-order valence-corrected chi connectivity index (χ4v) is 3.15. The Labute approximate surface area is 91.6 Å². The molecule has 0 aliphatic heterocycles. The first-order valence-corrected chi connectivity index (χ1v) is 6.75. The highest BCUT2D eigenvalue weighted by molar-refractivity contribution is 9.10. The van der Waals surface area contributed by atoms with Crippen molar-refractivity contribution in [1.29, 1.82) is 0 Å². The van der Waals surface area contributed by atoms with Gasteiger partial charge in [0.05, 0.1) is 0 Å². The predicted molar refractivity (Wildman–Crippen MR) is 63.5 cm³/mol. The quantitative estimate of drug-likeness (QED) is 0.470. The smallest absolute Gasteiger partial charge is 0.0258 e. The zero-order valence-electron chi connectivity index (χ0n) is 8.95. The molecule has 78 valence electrons. The monoisotopic (exact) mass is 246 g/mol. The maximum absolute atomic E-state index is 3.95. The second-order valence-electron chi connectivity index (χ2n) is 4.52. The van der Waals surface area contributed by atoms with Crippen LogP contribution < -0.4 is 0 Å². The summed E-state index contributed by atoms with van der Waals surface area (Å²) in [6.07, 6.45) is 14.2. The number of hydrogen-bond acceptors (Lipinski definition) is 0. The minimum Gasteiger partial charge on any atom is -0.0853 e. The van der Waals surface area contributed by atoms with Crippen LogP contribution in [0.2, 0.25) is 0 Å². The van der Waals surface area contributed by atoms with Gasteiger partial charge in [0.25, 0.3) is 0 Å². The Bertz CT molecular complexity index is 125. The molecule has 1 fully saturated rings. The summed E-state index contributed by atoms with van der Waals surface area (Å²) in [6.45, 7) is 2.28. The van der Waals surface area contributed by atoms with E-state index in [0.29, 0.717) is 4.32 Å². The topological polar surface area (TPSA) is 0 Å². The lowest BCUT2D eigenvalue weighted by molar-refractivity contribution is 0.374. The van der Waals surface area contributed by atoms with E-state index in [9.17, 15) is 0 Å². The Morgan fingerprint density at radius 2 is 1.69 bits per heavy atom. The van der Waals surface area contributed by atoms with Crippen LogP contribution in [0.5, 0.6) is 0 Å². The van der Waals surface area contributed by atoms with Gasteiger partial charge in [0.2, 0.25) is 0 Å². The number of halogens is 1. The average molecular weight is 247 g/mol. The summed E-state index contributed by atoms with van der Waals surface area (Å²) in [5, 5.41) is 0. The molecule has 1 saturated carbocycles. The molecule has 0 atom stereocenters. The molecule has 0 heterocycles. The molecular formula is C12H23Br. The molecule has 0 unspecified atom stereocenters. The number of alkyl halides is 1. The van der Waals surface area contributed by atoms with Gasteiger partial charge in [-0.3, -0.25) is 0 Å². The Hall–Kier alpha value is 0.480. The first kappa shape index (κ1) is 11.6. The minimum absolute atomic E-state index is 0.541. The summed E-state index contributed by atoms with van der Waals surface area (Å²) in [5.41, 5.74) is 0. The van der Waals surface area contributed by atoms with Crippen LogP contribution in [0.15, 0.2) is 0 Å². The molecule has 0 saturated heterocycles. The predicted octanol–water partition coefficient (Wildman–Crippen LogP) is 5.05. The largest absolute Gasteiger partial charge is 0.0853 e. The fraction of sp³-hybridized carbons (Fsp3) is 1.00. The van der Waals surface area contributed by atoms with E-state index in [-0.39, 0.29) is 0 Å². The molecule has 0 aromatic carbocycles. The summed E-state index contributed by atoms with van der Waals surface area (Å²) in [7, 11) is 0. The number of hydrogen-bond donors (Lipinski definition) is 0. The van der Waals surface area contributed by atoms with Gasteiger partial charge < -0.3 is 0 Å². The molecule has 0 spiro atoms. The third-order valence-electron chi connectivity index (χ3n) is 3.23. The SMILES string of the molecule is CCCCCCC1(Br)CCCCC1. The standard InChI is InChI=1S/C12H23Br/c1-2-3-4-6-9-12(13)10-7-5-8-11-12/h2-11H2,1H3. The minimum atomic E-state index is 0.541. The molecule has 0 aromatic rings. The highest BCUT2D eigenvalue weighted by atomic mass is 79.9. The van der Waals surface area contributed by atoms with E-state index in [0.717, 1.165) is 0 Å². The molecule has 0 radical (unpaired) electrons. The average Bonchev–Trinajstić information content (AvgIpc) is 2.14. The van der Waals surface area contributed by atoms with Gasteiger partial charge in [-0.05, 0) is 19.3 Å². The molecule has 1 aliphatic carbocycles. The van der Waals surface area contributed by atoms with Crippen LogP contribution in [0.3, 0.4) is 0 Å². The van der Waals surface area contributed by atoms with Crippen molar-refractivity contribution < 1.29 is 0 Å². The van der Waals surface area contributed by atoms with Crippen LogP contribution in [0.25, 0.3) is 0 Å². The summed E-state index contributed by atoms with van der Waals surface area (Å²) in [5.74, 6) is 0. The van der Waals surface area contributed by atoms with Gasteiger partial charge in [-0.1, -0.05) is 67.8 Å². The van der Waals surface area contributed by atoms with Crippen molar-refractivity contribution in [3.05, 3.63) is 0 Å². The lowest BCUT2D eigenvalue weighted by atomic mass is 9.85. The molecular weight excluding hydrogens is 224 g/mol. The second-order valence-corrected chi connectivity index (χ2v) is 6.20. The van der Waals surface area contributed by atoms with Gasteiger partial charge in [-0.15, -0.1) is 0 Å². The van der Waals surface area contributed by atoms with Crippen LogP contribution in [-0.2, 0) is 0 Å². The number of unbranched alkanes of at least 4 members (excludes halogenated alkanes) is 3. The molecule has 13 heavy (non-hydrogen) atoms. The van der Waals surface area contributed by atoms with E-state index < -0.39 is 0 Å². The van der Waals surface area contributed by atoms with Crippen LogP contribution >= 0.6 is 15.9 Å². The second kappa shape index (κ2) is 6.06. The highest BCUT2D eigenvalue weighted by Gasteiger charge is 2.27. The first-order chi connectivity index (χ1) is 6.27. The molecule has 0 amide bonds. The molecule has 1 aliphatic rings. The summed E-state index contributed by atoms with van der Waals surface area (Å²) in [4.78, 5) is 0. The van der Waals surface area contributed by atoms with E-state index in [2.05, 4.69) is 22.9 Å². The Morgan fingerprint density at radius 1 is 1.00 bits per heavy atom. The molecule has 1 heteroatoms. The van der Waals surface area contributed by atoms with Crippen LogP contribution in [0.4, 0.5) is 0 Å². The van der Waals surface area contributed by atoms with Crippen molar-refractivity contribution >= 4 is 15.9 Å². The number of rotatable bonds is 5. The summed E-state index contributed by atoms with van der Waals surface area (Å²) < 4.78 is 0.541. The van der Waals surface area contributed by atoms with Gasteiger partial charge in [-0.25, -0.2) is 0 Å². The van der Waals surface area contributed by atoms with E-state index in [1.165, 1.54) is 64.2 Å². The maximum Gasteiger partial charge on any atom is 0.0258 e. The lowest BCUT2D eigenvalue weighted by Gasteiger charge is -2.31. The normalized spacial score (nSPS) is 21.7. The Morgan fingerprint density at radius 3 is 2.31 bits per heavy atom.